The van der Waals surface area contributed by atoms with Gasteiger partial charge in [0.05, 0.1) is 0 Å². The molecule has 1 N–H and O–H groups in total. The maximum Gasteiger partial charge on any atom is 0.337 e. The van der Waals surface area contributed by atoms with E-state index in [-0.39, 0.29) is 5.97 Å². The van der Waals surface area contributed by atoms with Crippen LogP contribution in [0.5, 0.6) is 5.75 Å². The third-order valence-electron chi connectivity index (χ3n) is 2.71. The van der Waals surface area contributed by atoms with Gasteiger partial charge in [0.2, 0.25) is 0 Å². The molecular weight excluding hydrogens is 250 g/mol. The molecule has 0 spiro atoms. The highest BCUT2D eigenvalue weighted by Crippen LogP contribution is 2.13. The van der Waals surface area contributed by atoms with E-state index in [0.717, 1.165) is 17.8 Å². The third kappa shape index (κ3) is 4.28. The molecule has 0 aliphatic heterocycles. The highest BCUT2D eigenvalue weighted by Gasteiger charge is 2.03. The van der Waals surface area contributed by atoms with Crippen LogP contribution in [-0.2, 0) is 4.79 Å². The first kappa shape index (κ1) is 13.9. The molecule has 102 valence electrons. The van der Waals surface area contributed by atoms with Crippen molar-refractivity contribution in [2.45, 2.75) is 13.3 Å². The number of carbonyl (C=O) groups is 1. The normalized spacial score (nSPS) is 10.9. The number of hydrogen-bond acceptors (Lipinski definition) is 3. The zero-order valence-corrected chi connectivity index (χ0v) is 11.4. The van der Waals surface area contributed by atoms with Crippen molar-refractivity contribution >= 4 is 11.7 Å². The van der Waals surface area contributed by atoms with E-state index in [9.17, 15) is 4.79 Å². The molecule has 0 radical (unpaired) electrons. The van der Waals surface area contributed by atoms with Gasteiger partial charge < -0.3 is 10.1 Å². The number of esters is 1. The standard InChI is InChI=1S/C17H17NO2/c1-2-14(18-15-9-5-3-6-10-15)13-17(19)20-16-11-7-4-8-12-16/h3-13,18H,2H2,1H3/b14-13-. The number of carbonyl (C=O) groups excluding carboxylic acids is 1. The molecule has 0 bridgehead atoms. The maximum absolute atomic E-state index is 11.8. The molecule has 0 amide bonds. The molecule has 0 atom stereocenters. The Morgan fingerprint density at radius 1 is 1.05 bits per heavy atom. The van der Waals surface area contributed by atoms with Crippen LogP contribution >= 0.6 is 0 Å². The first-order chi connectivity index (χ1) is 9.78. The number of anilines is 1. The number of rotatable bonds is 5. The van der Waals surface area contributed by atoms with E-state index < -0.39 is 0 Å². The molecule has 0 aliphatic carbocycles. The summed E-state index contributed by atoms with van der Waals surface area (Å²) in [5.41, 5.74) is 1.77. The van der Waals surface area contributed by atoms with Crippen LogP contribution in [0.25, 0.3) is 0 Å². The Kier molecular flexibility index (Phi) is 4.95. The molecule has 0 heterocycles. The van der Waals surface area contributed by atoms with E-state index in [1.807, 2.05) is 55.5 Å². The van der Waals surface area contributed by atoms with Crippen LogP contribution in [0.3, 0.4) is 0 Å². The number of benzene rings is 2. The highest BCUT2D eigenvalue weighted by molar-refractivity contribution is 5.85. The predicted molar refractivity (Wildman–Crippen MR) is 80.5 cm³/mol. The molecule has 0 unspecified atom stereocenters. The fraction of sp³-hybridized carbons (Fsp3) is 0.118. The molecule has 20 heavy (non-hydrogen) atoms. The lowest BCUT2D eigenvalue weighted by molar-refractivity contribution is -0.129. The summed E-state index contributed by atoms with van der Waals surface area (Å²) in [6.07, 6.45) is 2.21. The van der Waals surface area contributed by atoms with E-state index in [4.69, 9.17) is 4.74 Å². The minimum absolute atomic E-state index is 0.378. The summed E-state index contributed by atoms with van der Waals surface area (Å²) >= 11 is 0. The summed E-state index contributed by atoms with van der Waals surface area (Å²) in [5, 5.41) is 3.21. The van der Waals surface area contributed by atoms with Crippen molar-refractivity contribution in [1.29, 1.82) is 0 Å². The van der Waals surface area contributed by atoms with Crippen molar-refractivity contribution in [3.63, 3.8) is 0 Å². The van der Waals surface area contributed by atoms with Gasteiger partial charge in [-0.25, -0.2) is 4.79 Å². The van der Waals surface area contributed by atoms with Gasteiger partial charge in [-0.15, -0.1) is 0 Å². The summed E-state index contributed by atoms with van der Waals surface area (Å²) in [5.74, 6) is 0.167. The maximum atomic E-state index is 11.8. The zero-order chi connectivity index (χ0) is 14.2. The minimum Gasteiger partial charge on any atom is -0.423 e. The van der Waals surface area contributed by atoms with Crippen LogP contribution in [0.15, 0.2) is 72.4 Å². The Morgan fingerprint density at radius 2 is 1.65 bits per heavy atom. The van der Waals surface area contributed by atoms with Crippen molar-refractivity contribution in [1.82, 2.24) is 0 Å². The largest absolute Gasteiger partial charge is 0.423 e. The van der Waals surface area contributed by atoms with Crippen molar-refractivity contribution in [3.05, 3.63) is 72.4 Å². The van der Waals surface area contributed by atoms with Crippen LogP contribution in [0.4, 0.5) is 5.69 Å². The Hall–Kier alpha value is -2.55. The summed E-state index contributed by atoms with van der Waals surface area (Å²) in [6, 6.07) is 18.8. The molecule has 2 aromatic rings. The number of para-hydroxylation sites is 2. The number of nitrogens with one attached hydrogen (secondary N) is 1. The molecule has 3 nitrogen and oxygen atoms in total. The SMILES string of the molecule is CC/C(=C/C(=O)Oc1ccccc1)Nc1ccccc1. The van der Waals surface area contributed by atoms with E-state index in [0.29, 0.717) is 5.75 Å². The summed E-state index contributed by atoms with van der Waals surface area (Å²) in [7, 11) is 0. The fourth-order valence-electron chi connectivity index (χ4n) is 1.71. The first-order valence-electron chi connectivity index (χ1n) is 6.57. The van der Waals surface area contributed by atoms with Gasteiger partial charge >= 0.3 is 5.97 Å². The second kappa shape index (κ2) is 7.14. The Balaban J connectivity index is 2.01. The summed E-state index contributed by atoms with van der Waals surface area (Å²) in [4.78, 5) is 11.8. The lowest BCUT2D eigenvalue weighted by atomic mass is 10.2. The van der Waals surface area contributed by atoms with Gasteiger partial charge in [0, 0.05) is 17.5 Å². The van der Waals surface area contributed by atoms with Gasteiger partial charge in [-0.1, -0.05) is 43.3 Å². The van der Waals surface area contributed by atoms with Crippen LogP contribution in [0, 0.1) is 0 Å². The highest BCUT2D eigenvalue weighted by atomic mass is 16.5. The monoisotopic (exact) mass is 267 g/mol. The van der Waals surface area contributed by atoms with Gasteiger partial charge in [-0.2, -0.15) is 0 Å². The second-order valence-electron chi connectivity index (χ2n) is 4.25. The molecule has 0 fully saturated rings. The summed E-state index contributed by atoms with van der Waals surface area (Å²) < 4.78 is 5.23. The quantitative estimate of drug-likeness (QED) is 0.505. The zero-order valence-electron chi connectivity index (χ0n) is 11.4. The van der Waals surface area contributed by atoms with Gasteiger partial charge in [0.15, 0.2) is 0 Å². The van der Waals surface area contributed by atoms with Crippen LogP contribution in [0.2, 0.25) is 0 Å². The Morgan fingerprint density at radius 3 is 2.25 bits per heavy atom. The predicted octanol–water partition coefficient (Wildman–Crippen LogP) is 4.00. The first-order valence-corrected chi connectivity index (χ1v) is 6.57. The van der Waals surface area contributed by atoms with Crippen molar-refractivity contribution in [2.24, 2.45) is 0 Å². The molecular formula is C17H17NO2. The van der Waals surface area contributed by atoms with E-state index in [1.165, 1.54) is 6.08 Å². The fourth-order valence-corrected chi connectivity index (χ4v) is 1.71. The minimum atomic E-state index is -0.378. The lowest BCUT2D eigenvalue weighted by Gasteiger charge is -2.09. The van der Waals surface area contributed by atoms with E-state index >= 15 is 0 Å². The van der Waals surface area contributed by atoms with E-state index in [2.05, 4.69) is 5.32 Å². The smallest absolute Gasteiger partial charge is 0.337 e. The van der Waals surface area contributed by atoms with Gasteiger partial charge in [0.25, 0.3) is 0 Å². The van der Waals surface area contributed by atoms with Crippen LogP contribution in [-0.4, -0.2) is 5.97 Å². The van der Waals surface area contributed by atoms with Crippen molar-refractivity contribution < 1.29 is 9.53 Å². The molecule has 2 aromatic carbocycles. The summed E-state index contributed by atoms with van der Waals surface area (Å²) in [6.45, 7) is 1.98. The Bertz CT molecular complexity index is 576. The number of hydrogen-bond donors (Lipinski definition) is 1. The van der Waals surface area contributed by atoms with Crippen LogP contribution in [0.1, 0.15) is 13.3 Å². The van der Waals surface area contributed by atoms with Gasteiger partial charge in [-0.05, 0) is 30.7 Å². The Labute approximate surface area is 118 Å². The topological polar surface area (TPSA) is 38.3 Å². The molecule has 0 saturated carbocycles. The average molecular weight is 267 g/mol. The van der Waals surface area contributed by atoms with Gasteiger partial charge in [0.1, 0.15) is 5.75 Å². The molecule has 2 rings (SSSR count). The number of ether oxygens (including phenoxy) is 1. The second-order valence-corrected chi connectivity index (χ2v) is 4.25. The average Bonchev–Trinajstić information content (AvgIpc) is 2.48. The molecule has 0 saturated heterocycles. The molecule has 0 aromatic heterocycles. The van der Waals surface area contributed by atoms with Crippen LogP contribution < -0.4 is 10.1 Å². The van der Waals surface area contributed by atoms with Crippen molar-refractivity contribution in [3.8, 4) is 5.75 Å². The molecule has 0 aliphatic rings. The van der Waals surface area contributed by atoms with Gasteiger partial charge in [-0.3, -0.25) is 0 Å². The van der Waals surface area contributed by atoms with E-state index in [1.54, 1.807) is 12.1 Å². The lowest BCUT2D eigenvalue weighted by Crippen LogP contribution is -2.08. The number of allylic oxidation sites excluding steroid dienone is 1. The van der Waals surface area contributed by atoms with Crippen molar-refractivity contribution in [2.75, 3.05) is 5.32 Å². The third-order valence-corrected chi connectivity index (χ3v) is 2.71. The molecule has 3 heteroatoms.